The van der Waals surface area contributed by atoms with Crippen LogP contribution in [0.5, 0.6) is 0 Å². The van der Waals surface area contributed by atoms with Gasteiger partial charge in [0.25, 0.3) is 5.56 Å². The van der Waals surface area contributed by atoms with Gasteiger partial charge in [-0.3, -0.25) is 9.36 Å². The number of nitrogens with zero attached hydrogens (tertiary/aromatic N) is 1. The van der Waals surface area contributed by atoms with Crippen molar-refractivity contribution in [1.82, 2.24) is 4.57 Å². The molecular weight excluding hydrogens is 760 g/mol. The molecule has 3 nitrogen and oxygen atoms in total. The molecule has 0 N–H and O–H groups in total. The molecule has 0 bridgehead atoms. The summed E-state index contributed by atoms with van der Waals surface area (Å²) in [4.78, 5) is 12.9. The molecule has 0 aliphatic rings. The van der Waals surface area contributed by atoms with Gasteiger partial charge in [-0.25, -0.2) is 0 Å². The molecule has 1 aromatic rings. The summed E-state index contributed by atoms with van der Waals surface area (Å²) in [5.41, 5.74) is -1.56. The number of pyridine rings is 1. The van der Waals surface area contributed by atoms with Gasteiger partial charge in [0.2, 0.25) is 0 Å². The van der Waals surface area contributed by atoms with E-state index < -0.39 is 79.3 Å². The zero-order valence-electron chi connectivity index (χ0n) is 24.3. The number of rotatable bonds is 14. The van der Waals surface area contributed by atoms with Crippen molar-refractivity contribution in [2.45, 2.75) is 120 Å². The fourth-order valence-electron chi connectivity index (χ4n) is 4.83. The van der Waals surface area contributed by atoms with Crippen LogP contribution in [-0.2, 0) is 11.0 Å². The van der Waals surface area contributed by atoms with Crippen LogP contribution in [0, 0.1) is 23.0 Å². The molecule has 0 spiro atoms. The quantitative estimate of drug-likeness (QED) is 0.0618. The zero-order valence-corrected chi connectivity index (χ0v) is 27.4. The second-order valence-corrected chi connectivity index (χ2v) is 17.0. The maximum absolute atomic E-state index is 14.8. The number of halogens is 14. The second-order valence-electron chi connectivity index (χ2n) is 10.9. The molecule has 0 radical (unpaired) electrons. The van der Waals surface area contributed by atoms with Crippen LogP contribution in [0.2, 0.25) is 17.1 Å². The van der Waals surface area contributed by atoms with Gasteiger partial charge in [-0.1, -0.05) is 40.5 Å². The summed E-state index contributed by atoms with van der Waals surface area (Å²) in [7, 11) is -3.88. The van der Waals surface area contributed by atoms with Crippen molar-refractivity contribution >= 4 is 30.9 Å². The molecule has 0 unspecified atom stereocenters. The molecule has 1 aromatic heterocycles. The highest BCUT2D eigenvalue weighted by Gasteiger charge is 2.90. The Labute approximate surface area is 260 Å². The van der Waals surface area contributed by atoms with Gasteiger partial charge in [0.05, 0.1) is 16.3 Å². The lowest BCUT2D eigenvalue weighted by Crippen LogP contribution is -2.70. The Morgan fingerprint density at radius 3 is 1.73 bits per heavy atom. The van der Waals surface area contributed by atoms with Crippen LogP contribution in [0.25, 0.3) is 0 Å². The predicted molar refractivity (Wildman–Crippen MR) is 147 cm³/mol. The van der Waals surface area contributed by atoms with Crippen molar-refractivity contribution < 1.29 is 61.5 Å². The minimum atomic E-state index is -7.95. The van der Waals surface area contributed by atoms with E-state index in [1.165, 1.54) is 45.3 Å². The van der Waals surface area contributed by atoms with Gasteiger partial charge in [0.15, 0.2) is 8.32 Å². The van der Waals surface area contributed by atoms with Gasteiger partial charge >= 0.3 is 35.8 Å². The summed E-state index contributed by atoms with van der Waals surface area (Å²) in [6.07, 6.45) is -5.44. The maximum atomic E-state index is 14.8. The molecule has 0 saturated carbocycles. The Hall–Kier alpha value is -1.49. The third-order valence-corrected chi connectivity index (χ3v) is 14.2. The summed E-state index contributed by atoms with van der Waals surface area (Å²) in [5.74, 6) is -34.8. The first-order chi connectivity index (χ1) is 19.6. The Balaban J connectivity index is 3.64. The van der Waals surface area contributed by atoms with Gasteiger partial charge < -0.3 is 4.43 Å². The number of aromatic nitrogens is 1. The van der Waals surface area contributed by atoms with Crippen molar-refractivity contribution in [2.75, 3.05) is 0 Å². The monoisotopic (exact) mass is 791 g/mol. The molecule has 254 valence electrons. The summed E-state index contributed by atoms with van der Waals surface area (Å²) >= 11 is 1.81. The van der Waals surface area contributed by atoms with E-state index in [9.17, 15) is 61.9 Å². The predicted octanol–water partition coefficient (Wildman–Crippen LogP) is 9.76. The van der Waals surface area contributed by atoms with Crippen molar-refractivity contribution in [3.05, 3.63) is 31.2 Å². The minimum Gasteiger partial charge on any atom is -0.409 e. The molecule has 18 heteroatoms. The molecule has 1 heterocycles. The van der Waals surface area contributed by atoms with Crippen LogP contribution < -0.4 is 5.56 Å². The van der Waals surface area contributed by atoms with E-state index in [-0.39, 0.29) is 24.1 Å². The molecule has 0 fully saturated rings. The summed E-state index contributed by atoms with van der Waals surface area (Å²) in [6.45, 7) is 8.71. The number of hydrogen-bond donors (Lipinski definition) is 0. The van der Waals surface area contributed by atoms with Gasteiger partial charge in [-0.05, 0) is 64.7 Å². The first-order valence-electron chi connectivity index (χ1n) is 13.0. The van der Waals surface area contributed by atoms with Crippen LogP contribution in [0.4, 0.5) is 57.1 Å². The number of alkyl halides is 13. The Kier molecular flexibility index (Phi) is 12.3. The first kappa shape index (κ1) is 40.5. The van der Waals surface area contributed by atoms with Crippen LogP contribution in [0.1, 0.15) is 64.7 Å². The topological polar surface area (TPSA) is 31.2 Å². The molecule has 0 saturated heterocycles. The van der Waals surface area contributed by atoms with Crippen LogP contribution >= 0.6 is 22.6 Å². The van der Waals surface area contributed by atoms with Crippen LogP contribution in [0.3, 0.4) is 0 Å². The van der Waals surface area contributed by atoms with E-state index in [4.69, 9.17) is 10.8 Å². The molecule has 1 atom stereocenters. The maximum Gasteiger partial charge on any atom is 0.460 e. The van der Waals surface area contributed by atoms with E-state index >= 15 is 0 Å². The van der Waals surface area contributed by atoms with Gasteiger partial charge in [-0.2, -0.15) is 57.1 Å². The molecule has 44 heavy (non-hydrogen) atoms. The standard InChI is InChI=1S/C26H31F13INO2Si/c1-8-11-41-19(40)13-17(16(7)20(41)42)18(9-2)43-44(14(3)4,15(5)6)12-10-21(27,28)22(29,30)23(31,32)24(33,34)25(35,36)26(37,38)39/h1,13-15,18H,9-12H2,2-7H3/t18-/m0/s1. The highest BCUT2D eigenvalue weighted by molar-refractivity contribution is 14.1. The molecule has 0 amide bonds. The average molecular weight is 792 g/mol. The molecular formula is C26H31F13INO2Si. The van der Waals surface area contributed by atoms with Crippen LogP contribution in [-0.4, -0.2) is 48.7 Å². The number of hydrogen-bond acceptors (Lipinski definition) is 2. The third-order valence-electron chi connectivity index (χ3n) is 7.64. The lowest BCUT2D eigenvalue weighted by molar-refractivity contribution is -0.440. The summed E-state index contributed by atoms with van der Waals surface area (Å²) < 4.78 is 186. The fourth-order valence-corrected chi connectivity index (χ4v) is 10.2. The second kappa shape index (κ2) is 13.3. The summed E-state index contributed by atoms with van der Waals surface area (Å²) in [6, 6.07) is 0.401. The zero-order chi connectivity index (χ0) is 35.1. The first-order valence-corrected chi connectivity index (χ1v) is 16.4. The van der Waals surface area contributed by atoms with E-state index in [2.05, 4.69) is 5.92 Å². The van der Waals surface area contributed by atoms with Gasteiger partial charge in [-0.15, -0.1) is 6.42 Å². The van der Waals surface area contributed by atoms with Crippen molar-refractivity contribution in [3.8, 4) is 12.3 Å². The largest absolute Gasteiger partial charge is 0.460 e. The van der Waals surface area contributed by atoms with Crippen molar-refractivity contribution in [3.63, 3.8) is 0 Å². The van der Waals surface area contributed by atoms with Crippen molar-refractivity contribution in [2.24, 2.45) is 0 Å². The van der Waals surface area contributed by atoms with Gasteiger partial charge in [0.1, 0.15) is 0 Å². The normalized spacial score (nSPS) is 15.2. The fraction of sp³-hybridized carbons (Fsp3) is 0.731. The third kappa shape index (κ3) is 6.79. The van der Waals surface area contributed by atoms with E-state index in [1.54, 1.807) is 6.92 Å². The highest BCUT2D eigenvalue weighted by Crippen LogP contribution is 2.61. The Morgan fingerprint density at radius 1 is 0.886 bits per heavy atom. The lowest BCUT2D eigenvalue weighted by atomic mass is 9.93. The molecule has 1 rings (SSSR count). The van der Waals surface area contributed by atoms with Crippen molar-refractivity contribution in [1.29, 1.82) is 0 Å². The van der Waals surface area contributed by atoms with E-state index in [1.807, 2.05) is 22.6 Å². The molecule has 0 aliphatic carbocycles. The smallest absolute Gasteiger partial charge is 0.409 e. The SMILES string of the molecule is C#CCn1c(I)cc([C@H](CC)O[Si](CCC(F)(F)C(F)(F)C(F)(F)C(F)(F)C(F)(F)C(F)(F)F)(C(C)C)C(C)C)c(C)c1=O. The summed E-state index contributed by atoms with van der Waals surface area (Å²) in [5, 5.41) is 0. The lowest BCUT2D eigenvalue weighted by Gasteiger charge is -2.44. The van der Waals surface area contributed by atoms with E-state index in [0.717, 1.165) is 0 Å². The van der Waals surface area contributed by atoms with Gasteiger partial charge in [0, 0.05) is 12.0 Å². The number of terminal acetylenes is 1. The van der Waals surface area contributed by atoms with E-state index in [0.29, 0.717) is 3.70 Å². The Morgan fingerprint density at radius 2 is 1.34 bits per heavy atom. The molecule has 0 aliphatic heterocycles. The average Bonchev–Trinajstić information content (AvgIpc) is 2.87. The minimum absolute atomic E-state index is 0.0889. The molecule has 0 aromatic carbocycles. The van der Waals surface area contributed by atoms with Crippen LogP contribution in [0.15, 0.2) is 10.9 Å². The highest BCUT2D eigenvalue weighted by atomic mass is 127. The Bertz CT molecular complexity index is 1260.